The Balaban J connectivity index is 1.68. The monoisotopic (exact) mass is 503 g/mol. The number of nitrogens with zero attached hydrogens (tertiary/aromatic N) is 3. The van der Waals surface area contributed by atoms with Gasteiger partial charge in [-0.25, -0.2) is 4.68 Å². The summed E-state index contributed by atoms with van der Waals surface area (Å²) in [6.07, 6.45) is -5.60. The van der Waals surface area contributed by atoms with Gasteiger partial charge in [0, 0.05) is 12.0 Å². The van der Waals surface area contributed by atoms with Crippen molar-refractivity contribution < 1.29 is 23.1 Å². The van der Waals surface area contributed by atoms with E-state index < -0.39 is 29.7 Å². The summed E-state index contributed by atoms with van der Waals surface area (Å²) < 4.78 is 41.5. The molecule has 0 aliphatic heterocycles. The quantitative estimate of drug-likeness (QED) is 0.293. The average Bonchev–Trinajstić information content (AvgIpc) is 3.38. The molecule has 0 aliphatic rings. The molecule has 5 nitrogen and oxygen atoms in total. The minimum absolute atomic E-state index is 0.186. The summed E-state index contributed by atoms with van der Waals surface area (Å²) in [4.78, 5) is 13.5. The molecule has 188 valence electrons. The lowest BCUT2D eigenvalue weighted by Crippen LogP contribution is -2.21. The molecule has 0 amide bonds. The van der Waals surface area contributed by atoms with Gasteiger partial charge in [0.2, 0.25) is 0 Å². The molecule has 0 fully saturated rings. The lowest BCUT2D eigenvalue weighted by atomic mass is 9.84. The third kappa shape index (κ3) is 5.47. The van der Waals surface area contributed by atoms with Gasteiger partial charge in [0.1, 0.15) is 11.8 Å². The Kier molecular flexibility index (Phi) is 7.28. The zero-order chi connectivity index (χ0) is 26.7. The molecule has 1 aromatic heterocycles. The minimum atomic E-state index is -4.75. The Labute approximate surface area is 212 Å². The number of ketones is 1. The first kappa shape index (κ1) is 25.9. The lowest BCUT2D eigenvalue weighted by molar-refractivity contribution is -0.141. The first-order valence-electron chi connectivity index (χ1n) is 11.6. The van der Waals surface area contributed by atoms with Crippen LogP contribution < -0.4 is 0 Å². The zero-order valence-electron chi connectivity index (χ0n) is 20.1. The first-order chi connectivity index (χ1) is 17.6. The summed E-state index contributed by atoms with van der Waals surface area (Å²) in [6, 6.07) is 24.9. The van der Waals surface area contributed by atoms with Crippen molar-refractivity contribution in [2.45, 2.75) is 32.0 Å². The molecule has 0 bridgehead atoms. The van der Waals surface area contributed by atoms with Crippen LogP contribution in [0.3, 0.4) is 0 Å². The van der Waals surface area contributed by atoms with Crippen LogP contribution in [0, 0.1) is 17.2 Å². The van der Waals surface area contributed by atoms with Crippen LogP contribution in [0.5, 0.6) is 0 Å². The smallest absolute Gasteiger partial charge is 0.384 e. The number of alkyl halides is 3. The minimum Gasteiger partial charge on any atom is -0.384 e. The van der Waals surface area contributed by atoms with Crippen LogP contribution >= 0.6 is 0 Å². The second kappa shape index (κ2) is 10.4. The lowest BCUT2D eigenvalue weighted by Gasteiger charge is -2.21. The second-order valence-electron chi connectivity index (χ2n) is 8.91. The molecular weight excluding hydrogens is 479 g/mol. The van der Waals surface area contributed by atoms with E-state index in [0.717, 1.165) is 21.9 Å². The largest absolute Gasteiger partial charge is 0.435 e. The number of rotatable bonds is 7. The van der Waals surface area contributed by atoms with Crippen LogP contribution in [-0.2, 0) is 6.18 Å². The van der Waals surface area contributed by atoms with Crippen LogP contribution in [-0.4, -0.2) is 20.7 Å². The molecule has 3 aromatic carbocycles. The van der Waals surface area contributed by atoms with Crippen molar-refractivity contribution in [2.24, 2.45) is 5.92 Å². The fourth-order valence-electron chi connectivity index (χ4n) is 4.19. The fraction of sp³-hybridized carbons (Fsp3) is 0.207. The number of Topliss-reactive ketones (excluding diaryl/α,β-unsaturated/α-hetero) is 1. The molecule has 0 radical (unpaired) electrons. The molecule has 1 heterocycles. The van der Waals surface area contributed by atoms with Crippen molar-refractivity contribution in [3.05, 3.63) is 119 Å². The second-order valence-corrected chi connectivity index (χ2v) is 8.91. The molecule has 3 atom stereocenters. The van der Waals surface area contributed by atoms with Gasteiger partial charge in [-0.05, 0) is 40.8 Å². The summed E-state index contributed by atoms with van der Waals surface area (Å²) in [7, 11) is 0. The van der Waals surface area contributed by atoms with Gasteiger partial charge in [0.05, 0.1) is 17.3 Å². The Bertz CT molecular complexity index is 1460. The number of nitriles is 1. The summed E-state index contributed by atoms with van der Waals surface area (Å²) in [5, 5.41) is 23.7. The van der Waals surface area contributed by atoms with Gasteiger partial charge in [0.25, 0.3) is 0 Å². The Hall–Kier alpha value is -4.22. The number of carbonyl (C=O) groups is 1. The van der Waals surface area contributed by atoms with Gasteiger partial charge in [0.15, 0.2) is 11.5 Å². The number of halogens is 3. The van der Waals surface area contributed by atoms with Crippen LogP contribution in [0.2, 0.25) is 0 Å². The predicted octanol–water partition coefficient (Wildman–Crippen LogP) is 6.47. The topological polar surface area (TPSA) is 78.9 Å². The normalized spacial score (nSPS) is 14.0. The Morgan fingerprint density at radius 2 is 1.57 bits per heavy atom. The van der Waals surface area contributed by atoms with E-state index in [0.29, 0.717) is 5.56 Å². The van der Waals surface area contributed by atoms with Crippen molar-refractivity contribution in [3.8, 4) is 11.8 Å². The third-order valence-corrected chi connectivity index (χ3v) is 6.50. The van der Waals surface area contributed by atoms with Crippen LogP contribution in [0.4, 0.5) is 13.2 Å². The molecular formula is C29H24F3N3O2. The number of benzene rings is 3. The zero-order valence-corrected chi connectivity index (χ0v) is 20.1. The summed E-state index contributed by atoms with van der Waals surface area (Å²) in [6.45, 7) is 3.47. The van der Waals surface area contributed by atoms with Crippen LogP contribution in [0.25, 0.3) is 5.69 Å². The van der Waals surface area contributed by atoms with E-state index in [2.05, 4.69) is 5.10 Å². The maximum absolute atomic E-state index is 13.5. The van der Waals surface area contributed by atoms with Gasteiger partial charge in [-0.3, -0.25) is 4.79 Å². The number of hydrogen-bond acceptors (Lipinski definition) is 4. The van der Waals surface area contributed by atoms with Crippen LogP contribution in [0.1, 0.15) is 64.3 Å². The molecule has 37 heavy (non-hydrogen) atoms. The molecule has 4 aromatic rings. The van der Waals surface area contributed by atoms with E-state index >= 15 is 0 Å². The van der Waals surface area contributed by atoms with Crippen molar-refractivity contribution in [2.75, 3.05) is 0 Å². The fourth-order valence-corrected chi connectivity index (χ4v) is 4.19. The maximum atomic E-state index is 13.5. The van der Waals surface area contributed by atoms with E-state index in [1.165, 1.54) is 24.3 Å². The number of hydrogen-bond donors (Lipinski definition) is 1. The van der Waals surface area contributed by atoms with E-state index in [1.807, 2.05) is 49.4 Å². The molecule has 3 unspecified atom stereocenters. The number of carbonyl (C=O) groups excluding carboxylic acids is 1. The highest BCUT2D eigenvalue weighted by atomic mass is 19.4. The number of aliphatic hydroxyl groups excluding tert-OH is 1. The van der Waals surface area contributed by atoms with Crippen molar-refractivity contribution in [1.82, 2.24) is 9.78 Å². The number of aromatic nitrogens is 2. The van der Waals surface area contributed by atoms with Crippen molar-refractivity contribution >= 4 is 5.78 Å². The van der Waals surface area contributed by atoms with Gasteiger partial charge in [-0.1, -0.05) is 74.5 Å². The standard InChI is InChI=1S/C29H24F3N3O2/c1-18(22-11-7-12-23(15-22)28(37)21-9-4-3-5-10-21)19(2)27(36)25-16-26(29(30,31)32)34-35(25)24-13-6-8-20(14-24)17-33/h3-16,18-19,28,37H,1-2H3. The molecule has 0 saturated carbocycles. The molecule has 0 spiro atoms. The van der Waals surface area contributed by atoms with Crippen molar-refractivity contribution in [1.29, 1.82) is 5.26 Å². The average molecular weight is 504 g/mol. The molecule has 0 aliphatic carbocycles. The van der Waals surface area contributed by atoms with E-state index in [9.17, 15) is 28.3 Å². The molecule has 1 N–H and O–H groups in total. The highest BCUT2D eigenvalue weighted by Crippen LogP contribution is 2.34. The van der Waals surface area contributed by atoms with Gasteiger partial charge < -0.3 is 5.11 Å². The Morgan fingerprint density at radius 3 is 2.24 bits per heavy atom. The van der Waals surface area contributed by atoms with Gasteiger partial charge in [-0.15, -0.1) is 0 Å². The molecule has 4 rings (SSSR count). The van der Waals surface area contributed by atoms with Crippen LogP contribution in [0.15, 0.2) is 84.9 Å². The molecule has 8 heteroatoms. The van der Waals surface area contributed by atoms with Gasteiger partial charge >= 0.3 is 6.18 Å². The van der Waals surface area contributed by atoms with Gasteiger partial charge in [-0.2, -0.15) is 23.5 Å². The summed E-state index contributed by atoms with van der Waals surface area (Å²) in [5.74, 6) is -1.61. The van der Waals surface area contributed by atoms with Crippen molar-refractivity contribution in [3.63, 3.8) is 0 Å². The molecule has 0 saturated heterocycles. The highest BCUT2D eigenvalue weighted by Gasteiger charge is 2.37. The highest BCUT2D eigenvalue weighted by molar-refractivity contribution is 5.97. The van der Waals surface area contributed by atoms with E-state index in [-0.39, 0.29) is 22.9 Å². The SMILES string of the molecule is CC(C(=O)c1cc(C(F)(F)F)nn1-c1cccc(C#N)c1)C(C)c1cccc(C(O)c2ccccc2)c1. The summed E-state index contributed by atoms with van der Waals surface area (Å²) >= 11 is 0. The predicted molar refractivity (Wildman–Crippen MR) is 132 cm³/mol. The third-order valence-electron chi connectivity index (χ3n) is 6.50. The van der Waals surface area contributed by atoms with E-state index in [4.69, 9.17) is 0 Å². The maximum Gasteiger partial charge on any atom is 0.435 e. The number of aliphatic hydroxyl groups is 1. The first-order valence-corrected chi connectivity index (χ1v) is 11.6. The van der Waals surface area contributed by atoms with E-state index in [1.54, 1.807) is 25.1 Å². The summed E-state index contributed by atoms with van der Waals surface area (Å²) in [5.41, 5.74) is 1.14. The Morgan fingerprint density at radius 1 is 0.919 bits per heavy atom.